The molecule has 4 heteroatoms. The van der Waals surface area contributed by atoms with E-state index in [0.717, 1.165) is 38.6 Å². The predicted octanol–water partition coefficient (Wildman–Crippen LogP) is 2.57. The minimum atomic E-state index is 0. The third-order valence-corrected chi connectivity index (χ3v) is 4.40. The smallest absolute Gasteiger partial charge is 0.226 e. The van der Waals surface area contributed by atoms with E-state index in [0.29, 0.717) is 11.8 Å². The first-order chi connectivity index (χ1) is 7.90. The fourth-order valence-electron chi connectivity index (χ4n) is 3.65. The summed E-state index contributed by atoms with van der Waals surface area (Å²) in [4.78, 5) is 14.7. The van der Waals surface area contributed by atoms with Gasteiger partial charge in [0.2, 0.25) is 5.91 Å². The maximum absolute atomic E-state index is 12.6. The number of nitrogens with two attached hydrogens (primary N) is 1. The van der Waals surface area contributed by atoms with Crippen LogP contribution in [0, 0.1) is 11.8 Å². The Labute approximate surface area is 117 Å². The number of nitrogens with zero attached hydrogens (tertiary/aromatic N) is 1. The van der Waals surface area contributed by atoms with Crippen molar-refractivity contribution in [2.75, 3.05) is 6.54 Å². The lowest BCUT2D eigenvalue weighted by molar-refractivity contribution is -0.140. The number of amides is 1. The molecule has 18 heavy (non-hydrogen) atoms. The highest BCUT2D eigenvalue weighted by Crippen LogP contribution is 2.35. The van der Waals surface area contributed by atoms with Gasteiger partial charge in [-0.15, -0.1) is 12.4 Å². The molecule has 0 radical (unpaired) electrons. The minimum absolute atomic E-state index is 0. The van der Waals surface area contributed by atoms with Crippen LogP contribution in [-0.2, 0) is 4.79 Å². The summed E-state index contributed by atoms with van der Waals surface area (Å²) in [5, 5.41) is 0. The number of hydrogen-bond acceptors (Lipinski definition) is 2. The summed E-state index contributed by atoms with van der Waals surface area (Å²) in [5.74, 6) is 1.17. The van der Waals surface area contributed by atoms with Crippen LogP contribution in [0.1, 0.15) is 52.9 Å². The molecule has 1 heterocycles. The van der Waals surface area contributed by atoms with Crippen LogP contribution in [0.3, 0.4) is 0 Å². The second-order valence-electron chi connectivity index (χ2n) is 6.69. The lowest BCUT2D eigenvalue weighted by Crippen LogP contribution is -2.47. The molecule has 3 atom stereocenters. The Hall–Kier alpha value is -0.280. The summed E-state index contributed by atoms with van der Waals surface area (Å²) < 4.78 is 0. The SMILES string of the molecule is CC1CN(C(=O)C2CCCC(N)C2)C(C)(C)C1.Cl. The summed E-state index contributed by atoms with van der Waals surface area (Å²) >= 11 is 0. The topological polar surface area (TPSA) is 46.3 Å². The number of rotatable bonds is 1. The lowest BCUT2D eigenvalue weighted by Gasteiger charge is -2.36. The van der Waals surface area contributed by atoms with Crippen LogP contribution in [0.25, 0.3) is 0 Å². The third kappa shape index (κ3) is 3.18. The molecule has 2 N–H and O–H groups in total. The highest BCUT2D eigenvalue weighted by atomic mass is 35.5. The number of hydrogen-bond donors (Lipinski definition) is 1. The van der Waals surface area contributed by atoms with Crippen molar-refractivity contribution >= 4 is 18.3 Å². The fraction of sp³-hybridized carbons (Fsp3) is 0.929. The predicted molar refractivity (Wildman–Crippen MR) is 76.8 cm³/mol. The molecule has 3 nitrogen and oxygen atoms in total. The largest absolute Gasteiger partial charge is 0.337 e. The average molecular weight is 275 g/mol. The van der Waals surface area contributed by atoms with E-state index in [1.807, 2.05) is 0 Å². The van der Waals surface area contributed by atoms with E-state index in [4.69, 9.17) is 5.73 Å². The van der Waals surface area contributed by atoms with Gasteiger partial charge in [-0.3, -0.25) is 4.79 Å². The second kappa shape index (κ2) is 5.79. The Morgan fingerprint density at radius 2 is 2.00 bits per heavy atom. The van der Waals surface area contributed by atoms with E-state index in [1.165, 1.54) is 0 Å². The fourth-order valence-corrected chi connectivity index (χ4v) is 3.65. The first-order valence-corrected chi connectivity index (χ1v) is 6.97. The van der Waals surface area contributed by atoms with E-state index in [-0.39, 0.29) is 29.9 Å². The van der Waals surface area contributed by atoms with E-state index < -0.39 is 0 Å². The highest BCUT2D eigenvalue weighted by molar-refractivity contribution is 5.85. The Kier molecular flexibility index (Phi) is 5.07. The normalized spacial score (nSPS) is 35.1. The van der Waals surface area contributed by atoms with Gasteiger partial charge in [0.05, 0.1) is 0 Å². The van der Waals surface area contributed by atoms with Crippen molar-refractivity contribution in [2.24, 2.45) is 17.6 Å². The number of carbonyl (C=O) groups is 1. The van der Waals surface area contributed by atoms with Gasteiger partial charge >= 0.3 is 0 Å². The Bertz CT molecular complexity index is 306. The quantitative estimate of drug-likeness (QED) is 0.799. The van der Waals surface area contributed by atoms with Gasteiger partial charge in [0, 0.05) is 24.0 Å². The van der Waals surface area contributed by atoms with Crippen molar-refractivity contribution < 1.29 is 4.79 Å². The van der Waals surface area contributed by atoms with Gasteiger partial charge in [0.1, 0.15) is 0 Å². The lowest BCUT2D eigenvalue weighted by atomic mass is 9.84. The molecule has 1 aliphatic heterocycles. The van der Waals surface area contributed by atoms with Crippen molar-refractivity contribution in [3.63, 3.8) is 0 Å². The van der Waals surface area contributed by atoms with E-state index in [1.54, 1.807) is 0 Å². The van der Waals surface area contributed by atoms with Gasteiger partial charge in [0.15, 0.2) is 0 Å². The number of carbonyl (C=O) groups excluding carboxylic acids is 1. The van der Waals surface area contributed by atoms with E-state index in [9.17, 15) is 4.79 Å². The maximum atomic E-state index is 12.6. The van der Waals surface area contributed by atoms with Crippen LogP contribution in [-0.4, -0.2) is 28.9 Å². The zero-order valence-electron chi connectivity index (χ0n) is 11.8. The first kappa shape index (κ1) is 15.8. The zero-order chi connectivity index (χ0) is 12.6. The van der Waals surface area contributed by atoms with Crippen LogP contribution in [0.2, 0.25) is 0 Å². The van der Waals surface area contributed by atoms with Gasteiger partial charge in [-0.25, -0.2) is 0 Å². The molecule has 106 valence electrons. The minimum Gasteiger partial charge on any atom is -0.337 e. The Balaban J connectivity index is 0.00000162. The van der Waals surface area contributed by atoms with Gasteiger partial charge in [0.25, 0.3) is 0 Å². The number of likely N-dealkylation sites (tertiary alicyclic amines) is 1. The summed E-state index contributed by atoms with van der Waals surface area (Å²) in [6.07, 6.45) is 5.25. The van der Waals surface area contributed by atoms with Gasteiger partial charge in [-0.05, 0) is 45.4 Å². The molecule has 0 aromatic rings. The monoisotopic (exact) mass is 274 g/mol. The van der Waals surface area contributed by atoms with Gasteiger partial charge in [-0.1, -0.05) is 13.3 Å². The average Bonchev–Trinajstić information content (AvgIpc) is 2.51. The molecular formula is C14H27ClN2O. The molecule has 3 unspecified atom stereocenters. The molecule has 1 saturated carbocycles. The Morgan fingerprint density at radius 1 is 1.33 bits per heavy atom. The molecule has 0 spiro atoms. The van der Waals surface area contributed by atoms with E-state index in [2.05, 4.69) is 25.7 Å². The Morgan fingerprint density at radius 3 is 2.50 bits per heavy atom. The van der Waals surface area contributed by atoms with Crippen LogP contribution in [0.15, 0.2) is 0 Å². The summed E-state index contributed by atoms with van der Waals surface area (Å²) in [7, 11) is 0. The molecule has 1 amide bonds. The van der Waals surface area contributed by atoms with Gasteiger partial charge in [-0.2, -0.15) is 0 Å². The third-order valence-electron chi connectivity index (χ3n) is 4.40. The molecule has 0 aromatic heterocycles. The van der Waals surface area contributed by atoms with Crippen molar-refractivity contribution in [1.29, 1.82) is 0 Å². The molecule has 0 aromatic carbocycles. The zero-order valence-corrected chi connectivity index (χ0v) is 12.6. The second-order valence-corrected chi connectivity index (χ2v) is 6.69. The molecule has 0 bridgehead atoms. The molecule has 2 fully saturated rings. The standard InChI is InChI=1S/C14H26N2O.ClH/c1-10-8-14(2,3)16(9-10)13(17)11-5-4-6-12(15)7-11;/h10-12H,4-9,15H2,1-3H3;1H. The highest BCUT2D eigenvalue weighted by Gasteiger charge is 2.41. The van der Waals surface area contributed by atoms with Crippen molar-refractivity contribution in [3.05, 3.63) is 0 Å². The number of halogens is 1. The molecule has 2 rings (SSSR count). The van der Waals surface area contributed by atoms with E-state index >= 15 is 0 Å². The van der Waals surface area contributed by atoms with Gasteiger partial charge < -0.3 is 10.6 Å². The van der Waals surface area contributed by atoms with Crippen molar-refractivity contribution in [3.8, 4) is 0 Å². The first-order valence-electron chi connectivity index (χ1n) is 6.97. The molecule has 1 saturated heterocycles. The molecule has 2 aliphatic rings. The summed E-state index contributed by atoms with van der Waals surface area (Å²) in [6, 6.07) is 0.237. The van der Waals surface area contributed by atoms with Crippen LogP contribution >= 0.6 is 12.4 Å². The molecular weight excluding hydrogens is 248 g/mol. The van der Waals surface area contributed by atoms with Crippen LogP contribution < -0.4 is 5.73 Å². The summed E-state index contributed by atoms with van der Waals surface area (Å²) in [6.45, 7) is 7.55. The maximum Gasteiger partial charge on any atom is 0.226 e. The molecule has 1 aliphatic carbocycles. The van der Waals surface area contributed by atoms with Crippen molar-refractivity contribution in [2.45, 2.75) is 64.5 Å². The van der Waals surface area contributed by atoms with Crippen LogP contribution in [0.4, 0.5) is 0 Å². The van der Waals surface area contributed by atoms with Crippen molar-refractivity contribution in [1.82, 2.24) is 4.90 Å². The van der Waals surface area contributed by atoms with Crippen LogP contribution in [0.5, 0.6) is 0 Å². The summed E-state index contributed by atoms with van der Waals surface area (Å²) in [5.41, 5.74) is 6.03.